The molecular weight excluding hydrogens is 154 g/mol. The number of carboxylic acid groups (broad SMARTS) is 1. The van der Waals surface area contributed by atoms with E-state index in [-0.39, 0.29) is 11.8 Å². The molecule has 0 aliphatic rings. The predicted octanol–water partition coefficient (Wildman–Crippen LogP) is 1.37. The molecule has 0 unspecified atom stereocenters. The molecule has 3 N–H and O–H groups in total. The first kappa shape index (κ1) is 10.8. The Morgan fingerprint density at radius 2 is 2.08 bits per heavy atom. The van der Waals surface area contributed by atoms with Crippen molar-refractivity contribution in [1.82, 2.24) is 0 Å². The van der Waals surface area contributed by atoms with E-state index in [0.29, 0.717) is 5.70 Å². The second kappa shape index (κ2) is 4.59. The Bertz CT molecular complexity index is 209. The lowest BCUT2D eigenvalue weighted by Gasteiger charge is -2.15. The molecule has 0 aromatic heterocycles. The summed E-state index contributed by atoms with van der Waals surface area (Å²) >= 11 is 0. The molecule has 0 aromatic carbocycles. The van der Waals surface area contributed by atoms with Crippen molar-refractivity contribution in [3.8, 4) is 0 Å². The first-order valence-electron chi connectivity index (χ1n) is 3.81. The molecule has 68 valence electrons. The SMILES string of the molecule is C=C[C@@H](C)[C@@H](C)C(N)=CC(=O)O. The number of allylic oxidation sites excluding steroid dienone is 2. The lowest BCUT2D eigenvalue weighted by Crippen LogP contribution is -2.16. The predicted molar refractivity (Wildman–Crippen MR) is 48.4 cm³/mol. The summed E-state index contributed by atoms with van der Waals surface area (Å²) in [7, 11) is 0. The normalized spacial score (nSPS) is 16.7. The summed E-state index contributed by atoms with van der Waals surface area (Å²) in [5, 5.41) is 8.41. The molecule has 2 atom stereocenters. The Labute approximate surface area is 72.6 Å². The maximum atomic E-state index is 10.2. The maximum Gasteiger partial charge on any atom is 0.330 e. The topological polar surface area (TPSA) is 63.3 Å². The minimum absolute atomic E-state index is 0.0265. The van der Waals surface area contributed by atoms with Crippen LogP contribution in [-0.2, 0) is 4.79 Å². The molecule has 0 saturated carbocycles. The van der Waals surface area contributed by atoms with Crippen LogP contribution in [0.15, 0.2) is 24.4 Å². The van der Waals surface area contributed by atoms with Crippen molar-refractivity contribution in [1.29, 1.82) is 0 Å². The number of hydrogen-bond acceptors (Lipinski definition) is 2. The van der Waals surface area contributed by atoms with Crippen molar-refractivity contribution in [3.05, 3.63) is 24.4 Å². The fourth-order valence-corrected chi connectivity index (χ4v) is 0.782. The Morgan fingerprint density at radius 1 is 1.58 bits per heavy atom. The number of hydrogen-bond donors (Lipinski definition) is 2. The van der Waals surface area contributed by atoms with E-state index in [0.717, 1.165) is 6.08 Å². The van der Waals surface area contributed by atoms with Crippen LogP contribution in [0.4, 0.5) is 0 Å². The monoisotopic (exact) mass is 169 g/mol. The van der Waals surface area contributed by atoms with Gasteiger partial charge in [0.05, 0.1) is 0 Å². The van der Waals surface area contributed by atoms with Crippen LogP contribution in [0.1, 0.15) is 13.8 Å². The average molecular weight is 169 g/mol. The Hall–Kier alpha value is -1.25. The third kappa shape index (κ3) is 3.23. The van der Waals surface area contributed by atoms with Crippen LogP contribution in [-0.4, -0.2) is 11.1 Å². The highest BCUT2D eigenvalue weighted by Gasteiger charge is 2.11. The second-order valence-electron chi connectivity index (χ2n) is 2.87. The highest BCUT2D eigenvalue weighted by Crippen LogP contribution is 2.16. The summed E-state index contributed by atoms with van der Waals surface area (Å²) in [4.78, 5) is 10.2. The number of carboxylic acids is 1. The van der Waals surface area contributed by atoms with Crippen molar-refractivity contribution in [3.63, 3.8) is 0 Å². The van der Waals surface area contributed by atoms with Gasteiger partial charge >= 0.3 is 5.97 Å². The molecule has 0 saturated heterocycles. The van der Waals surface area contributed by atoms with Crippen LogP contribution in [0.5, 0.6) is 0 Å². The molecule has 12 heavy (non-hydrogen) atoms. The van der Waals surface area contributed by atoms with E-state index in [1.807, 2.05) is 13.8 Å². The van der Waals surface area contributed by atoms with E-state index in [2.05, 4.69) is 6.58 Å². The highest BCUT2D eigenvalue weighted by molar-refractivity contribution is 5.80. The van der Waals surface area contributed by atoms with Crippen LogP contribution in [0, 0.1) is 11.8 Å². The summed E-state index contributed by atoms with van der Waals surface area (Å²) in [5.74, 6) is -0.783. The van der Waals surface area contributed by atoms with E-state index in [1.165, 1.54) is 0 Å². The summed E-state index contributed by atoms with van der Waals surface area (Å²) in [5.41, 5.74) is 5.91. The first-order chi connectivity index (χ1) is 5.49. The minimum Gasteiger partial charge on any atom is -0.478 e. The molecule has 0 aliphatic heterocycles. The van der Waals surface area contributed by atoms with Gasteiger partial charge in [0.2, 0.25) is 0 Å². The average Bonchev–Trinajstić information content (AvgIpc) is 2.00. The molecule has 0 amide bonds. The standard InChI is InChI=1S/C9H15NO2/c1-4-6(2)7(3)8(10)5-9(11)12/h4-7H,1,10H2,2-3H3,(H,11,12)/t6-,7-/m1/s1. The lowest BCUT2D eigenvalue weighted by molar-refractivity contribution is -0.131. The quantitative estimate of drug-likeness (QED) is 0.493. The van der Waals surface area contributed by atoms with E-state index in [4.69, 9.17) is 10.8 Å². The number of aliphatic carboxylic acids is 1. The van der Waals surface area contributed by atoms with Crippen molar-refractivity contribution >= 4 is 5.97 Å². The van der Waals surface area contributed by atoms with Crippen molar-refractivity contribution < 1.29 is 9.90 Å². The zero-order chi connectivity index (χ0) is 9.72. The fraction of sp³-hybridized carbons (Fsp3) is 0.444. The van der Waals surface area contributed by atoms with Crippen LogP contribution < -0.4 is 5.73 Å². The van der Waals surface area contributed by atoms with Gasteiger partial charge in [0.1, 0.15) is 0 Å². The van der Waals surface area contributed by atoms with E-state index >= 15 is 0 Å². The van der Waals surface area contributed by atoms with E-state index in [9.17, 15) is 4.79 Å². The summed E-state index contributed by atoms with van der Waals surface area (Å²) in [6.07, 6.45) is 2.79. The lowest BCUT2D eigenvalue weighted by atomic mass is 9.93. The molecule has 0 aliphatic carbocycles. The van der Waals surface area contributed by atoms with Crippen LogP contribution >= 0.6 is 0 Å². The van der Waals surface area contributed by atoms with Crippen molar-refractivity contribution in [2.75, 3.05) is 0 Å². The largest absolute Gasteiger partial charge is 0.478 e. The highest BCUT2D eigenvalue weighted by atomic mass is 16.4. The molecule has 0 bridgehead atoms. The molecule has 3 nitrogen and oxygen atoms in total. The van der Waals surface area contributed by atoms with Crippen molar-refractivity contribution in [2.24, 2.45) is 17.6 Å². The zero-order valence-corrected chi connectivity index (χ0v) is 7.45. The van der Waals surface area contributed by atoms with Gasteiger partial charge in [-0.3, -0.25) is 0 Å². The van der Waals surface area contributed by atoms with Gasteiger partial charge in [-0.05, 0) is 5.92 Å². The van der Waals surface area contributed by atoms with Gasteiger partial charge in [-0.25, -0.2) is 4.79 Å². The second-order valence-corrected chi connectivity index (χ2v) is 2.87. The fourth-order valence-electron chi connectivity index (χ4n) is 0.782. The van der Waals surface area contributed by atoms with Gasteiger partial charge in [0.25, 0.3) is 0 Å². The first-order valence-corrected chi connectivity index (χ1v) is 3.81. The minimum atomic E-state index is -1.00. The molecular formula is C9H15NO2. The molecule has 0 aromatic rings. The Morgan fingerprint density at radius 3 is 2.42 bits per heavy atom. The van der Waals surface area contributed by atoms with Crippen LogP contribution in [0.25, 0.3) is 0 Å². The smallest absolute Gasteiger partial charge is 0.330 e. The van der Waals surface area contributed by atoms with E-state index < -0.39 is 5.97 Å². The summed E-state index contributed by atoms with van der Waals surface area (Å²) in [6, 6.07) is 0. The van der Waals surface area contributed by atoms with Crippen LogP contribution in [0.2, 0.25) is 0 Å². The Balaban J connectivity index is 4.37. The molecule has 0 spiro atoms. The maximum absolute atomic E-state index is 10.2. The van der Waals surface area contributed by atoms with Crippen molar-refractivity contribution in [2.45, 2.75) is 13.8 Å². The van der Waals surface area contributed by atoms with E-state index in [1.54, 1.807) is 6.08 Å². The van der Waals surface area contributed by atoms with Gasteiger partial charge in [0.15, 0.2) is 0 Å². The number of rotatable bonds is 4. The zero-order valence-electron chi connectivity index (χ0n) is 7.45. The summed E-state index contributed by atoms with van der Waals surface area (Å²) < 4.78 is 0. The van der Waals surface area contributed by atoms with Crippen LogP contribution in [0.3, 0.4) is 0 Å². The third-order valence-corrected chi connectivity index (χ3v) is 1.98. The Kier molecular flexibility index (Phi) is 4.11. The van der Waals surface area contributed by atoms with Gasteiger partial charge in [0, 0.05) is 17.7 Å². The molecule has 0 heterocycles. The summed E-state index contributed by atoms with van der Waals surface area (Å²) in [6.45, 7) is 7.43. The van der Waals surface area contributed by atoms with Gasteiger partial charge in [-0.2, -0.15) is 0 Å². The number of carbonyl (C=O) groups is 1. The third-order valence-electron chi connectivity index (χ3n) is 1.98. The molecule has 0 radical (unpaired) electrons. The number of nitrogens with two attached hydrogens (primary N) is 1. The molecule has 0 rings (SSSR count). The van der Waals surface area contributed by atoms with Gasteiger partial charge < -0.3 is 10.8 Å². The molecule has 0 fully saturated rings. The molecule has 3 heteroatoms. The van der Waals surface area contributed by atoms with Gasteiger partial charge in [-0.1, -0.05) is 19.9 Å². The van der Waals surface area contributed by atoms with Gasteiger partial charge in [-0.15, -0.1) is 6.58 Å².